The van der Waals surface area contributed by atoms with E-state index in [2.05, 4.69) is 6.92 Å². The monoisotopic (exact) mass is 304 g/mol. The van der Waals surface area contributed by atoms with Crippen molar-refractivity contribution in [3.8, 4) is 11.5 Å². The molecule has 0 radical (unpaired) electrons. The molecule has 0 aliphatic heterocycles. The van der Waals surface area contributed by atoms with Gasteiger partial charge in [0, 0.05) is 17.9 Å². The van der Waals surface area contributed by atoms with Crippen LogP contribution in [0.25, 0.3) is 10.8 Å². The van der Waals surface area contributed by atoms with E-state index in [-0.39, 0.29) is 13.2 Å². The van der Waals surface area contributed by atoms with Gasteiger partial charge in [0.25, 0.3) is 0 Å². The smallest absolute Gasteiger partial charge is 0.127 e. The first-order valence-electron chi connectivity index (χ1n) is 7.70. The van der Waals surface area contributed by atoms with Gasteiger partial charge >= 0.3 is 0 Å². The molecular formula is C18H24O4. The Kier molecular flexibility index (Phi) is 6.49. The van der Waals surface area contributed by atoms with Gasteiger partial charge in [-0.1, -0.05) is 37.6 Å². The molecule has 120 valence electrons. The summed E-state index contributed by atoms with van der Waals surface area (Å²) in [6.07, 6.45) is 1.51. The Labute approximate surface area is 131 Å². The van der Waals surface area contributed by atoms with Crippen LogP contribution in [0.5, 0.6) is 11.5 Å². The molecule has 1 N–H and O–H groups in total. The molecule has 0 saturated heterocycles. The minimum atomic E-state index is -0.635. The van der Waals surface area contributed by atoms with Crippen molar-refractivity contribution in [2.75, 3.05) is 26.9 Å². The van der Waals surface area contributed by atoms with Gasteiger partial charge in [-0.05, 0) is 18.6 Å². The molecule has 0 bridgehead atoms. The van der Waals surface area contributed by atoms with E-state index >= 15 is 0 Å². The Hall–Kier alpha value is -1.78. The van der Waals surface area contributed by atoms with Gasteiger partial charge in [-0.2, -0.15) is 0 Å². The van der Waals surface area contributed by atoms with Crippen molar-refractivity contribution in [1.82, 2.24) is 0 Å². The van der Waals surface area contributed by atoms with Gasteiger partial charge in [-0.25, -0.2) is 0 Å². The van der Waals surface area contributed by atoms with Crippen LogP contribution in [0.4, 0.5) is 0 Å². The number of rotatable bonds is 9. The van der Waals surface area contributed by atoms with Crippen LogP contribution in [0.15, 0.2) is 36.4 Å². The fourth-order valence-electron chi connectivity index (χ4n) is 2.25. The van der Waals surface area contributed by atoms with E-state index in [1.807, 2.05) is 36.4 Å². The molecule has 2 rings (SSSR count). The van der Waals surface area contributed by atoms with Gasteiger partial charge in [0.1, 0.15) is 24.2 Å². The highest BCUT2D eigenvalue weighted by molar-refractivity contribution is 5.93. The van der Waals surface area contributed by atoms with Crippen LogP contribution in [-0.4, -0.2) is 38.1 Å². The van der Waals surface area contributed by atoms with Gasteiger partial charge in [-0.15, -0.1) is 0 Å². The highest BCUT2D eigenvalue weighted by atomic mass is 16.5. The molecule has 0 aromatic heterocycles. The van der Waals surface area contributed by atoms with Crippen LogP contribution in [0.3, 0.4) is 0 Å². The third-order valence-electron chi connectivity index (χ3n) is 3.39. The number of hydrogen-bond donors (Lipinski definition) is 1. The first kappa shape index (κ1) is 16.6. The highest BCUT2D eigenvalue weighted by Crippen LogP contribution is 2.33. The first-order valence-corrected chi connectivity index (χ1v) is 7.70. The maximum absolute atomic E-state index is 9.71. The lowest BCUT2D eigenvalue weighted by Gasteiger charge is -2.15. The zero-order chi connectivity index (χ0) is 15.8. The summed E-state index contributed by atoms with van der Waals surface area (Å²) in [7, 11) is 1.56. The Morgan fingerprint density at radius 3 is 2.18 bits per heavy atom. The Bertz CT molecular complexity index is 582. The molecule has 4 nitrogen and oxygen atoms in total. The van der Waals surface area contributed by atoms with E-state index in [0.29, 0.717) is 6.61 Å². The average Bonchev–Trinajstić information content (AvgIpc) is 2.54. The third kappa shape index (κ3) is 4.36. The molecule has 0 heterocycles. The molecule has 22 heavy (non-hydrogen) atoms. The van der Waals surface area contributed by atoms with Crippen molar-refractivity contribution in [2.24, 2.45) is 0 Å². The Morgan fingerprint density at radius 2 is 1.59 bits per heavy atom. The normalized spacial score (nSPS) is 12.3. The zero-order valence-electron chi connectivity index (χ0n) is 13.2. The molecule has 1 unspecified atom stereocenters. The molecular weight excluding hydrogens is 280 g/mol. The summed E-state index contributed by atoms with van der Waals surface area (Å²) in [5.41, 5.74) is 0. The first-order chi connectivity index (χ1) is 10.8. The molecule has 1 atom stereocenters. The quantitative estimate of drug-likeness (QED) is 0.721. The van der Waals surface area contributed by atoms with Crippen LogP contribution in [0, 0.1) is 0 Å². The summed E-state index contributed by atoms with van der Waals surface area (Å²) in [6.45, 7) is 3.32. The molecule has 0 aliphatic carbocycles. The molecule has 4 heteroatoms. The van der Waals surface area contributed by atoms with Gasteiger partial charge < -0.3 is 19.3 Å². The number of methoxy groups -OCH3 is 1. The van der Waals surface area contributed by atoms with Gasteiger partial charge in [0.15, 0.2) is 0 Å². The SMILES string of the molecule is CCCCOc1ccc(OCC(O)COC)c2ccccc12. The number of unbranched alkanes of at least 4 members (excludes halogenated alkanes) is 1. The van der Waals surface area contributed by atoms with Crippen LogP contribution in [0.1, 0.15) is 19.8 Å². The minimum absolute atomic E-state index is 0.202. The number of hydrogen-bond acceptors (Lipinski definition) is 4. The van der Waals surface area contributed by atoms with E-state index in [1.54, 1.807) is 7.11 Å². The van der Waals surface area contributed by atoms with E-state index in [0.717, 1.165) is 35.1 Å². The summed E-state index contributed by atoms with van der Waals surface area (Å²) in [4.78, 5) is 0. The Morgan fingerprint density at radius 1 is 0.955 bits per heavy atom. The van der Waals surface area contributed by atoms with Crippen molar-refractivity contribution >= 4 is 10.8 Å². The van der Waals surface area contributed by atoms with Crippen molar-refractivity contribution in [3.63, 3.8) is 0 Å². The lowest BCUT2D eigenvalue weighted by atomic mass is 10.1. The van der Waals surface area contributed by atoms with Gasteiger partial charge in [-0.3, -0.25) is 0 Å². The van der Waals surface area contributed by atoms with E-state index in [4.69, 9.17) is 14.2 Å². The number of aliphatic hydroxyl groups is 1. The predicted octanol–water partition coefficient (Wildman–Crippen LogP) is 3.40. The van der Waals surface area contributed by atoms with Gasteiger partial charge in [0.05, 0.1) is 13.2 Å². The maximum atomic E-state index is 9.71. The van der Waals surface area contributed by atoms with Crippen LogP contribution >= 0.6 is 0 Å². The molecule has 0 aliphatic rings. The summed E-state index contributed by atoms with van der Waals surface area (Å²) >= 11 is 0. The molecule has 0 amide bonds. The van der Waals surface area contributed by atoms with E-state index in [1.165, 1.54) is 0 Å². The molecule has 0 spiro atoms. The highest BCUT2D eigenvalue weighted by Gasteiger charge is 2.10. The van der Waals surface area contributed by atoms with Crippen molar-refractivity contribution in [3.05, 3.63) is 36.4 Å². The maximum Gasteiger partial charge on any atom is 0.127 e. The topological polar surface area (TPSA) is 47.9 Å². The van der Waals surface area contributed by atoms with Gasteiger partial charge in [0.2, 0.25) is 0 Å². The summed E-state index contributed by atoms with van der Waals surface area (Å²) in [6, 6.07) is 11.8. The summed E-state index contributed by atoms with van der Waals surface area (Å²) in [5.74, 6) is 1.61. The van der Waals surface area contributed by atoms with E-state index < -0.39 is 6.10 Å². The lowest BCUT2D eigenvalue weighted by molar-refractivity contribution is 0.0329. The number of ether oxygens (including phenoxy) is 3. The second-order valence-electron chi connectivity index (χ2n) is 5.23. The number of fused-ring (bicyclic) bond motifs is 1. The molecule has 0 fully saturated rings. The largest absolute Gasteiger partial charge is 0.493 e. The molecule has 2 aromatic rings. The number of benzene rings is 2. The standard InChI is InChI=1S/C18H24O4/c1-3-4-11-21-17-9-10-18(22-13-14(19)12-20-2)16-8-6-5-7-15(16)17/h5-10,14,19H,3-4,11-13H2,1-2H3. The van der Waals surface area contributed by atoms with Crippen molar-refractivity contribution in [1.29, 1.82) is 0 Å². The van der Waals surface area contributed by atoms with Crippen molar-refractivity contribution in [2.45, 2.75) is 25.9 Å². The fraction of sp³-hybridized carbons (Fsp3) is 0.444. The Balaban J connectivity index is 2.16. The van der Waals surface area contributed by atoms with Crippen LogP contribution in [0.2, 0.25) is 0 Å². The van der Waals surface area contributed by atoms with Crippen LogP contribution in [-0.2, 0) is 4.74 Å². The minimum Gasteiger partial charge on any atom is -0.493 e. The van der Waals surface area contributed by atoms with Crippen LogP contribution < -0.4 is 9.47 Å². The average molecular weight is 304 g/mol. The summed E-state index contributed by atoms with van der Waals surface area (Å²) in [5, 5.41) is 11.7. The lowest BCUT2D eigenvalue weighted by Crippen LogP contribution is -2.22. The predicted molar refractivity (Wildman–Crippen MR) is 87.7 cm³/mol. The summed E-state index contributed by atoms with van der Waals surface area (Å²) < 4.78 is 16.5. The fourth-order valence-corrected chi connectivity index (χ4v) is 2.25. The second-order valence-corrected chi connectivity index (χ2v) is 5.23. The molecule has 0 saturated carbocycles. The zero-order valence-corrected chi connectivity index (χ0v) is 13.2. The van der Waals surface area contributed by atoms with Crippen molar-refractivity contribution < 1.29 is 19.3 Å². The third-order valence-corrected chi connectivity index (χ3v) is 3.39. The molecule has 2 aromatic carbocycles. The van der Waals surface area contributed by atoms with E-state index in [9.17, 15) is 5.11 Å². The number of aliphatic hydroxyl groups excluding tert-OH is 1. The second kappa shape index (κ2) is 8.61.